The van der Waals surface area contributed by atoms with Gasteiger partial charge in [0.05, 0.1) is 48.9 Å². The second-order valence-electron chi connectivity index (χ2n) is 5.45. The highest BCUT2D eigenvalue weighted by molar-refractivity contribution is 5.85. The van der Waals surface area contributed by atoms with E-state index in [1.807, 2.05) is 0 Å². The van der Waals surface area contributed by atoms with Crippen LogP contribution in [0.15, 0.2) is 24.3 Å². The first-order valence-electron chi connectivity index (χ1n) is 7.32. The summed E-state index contributed by atoms with van der Waals surface area (Å²) >= 11 is 0. The minimum Gasteiger partial charge on any atom is -0.258 e. The quantitative estimate of drug-likeness (QED) is 0.410. The van der Waals surface area contributed by atoms with Crippen molar-refractivity contribution in [1.29, 1.82) is 0 Å². The van der Waals surface area contributed by atoms with Gasteiger partial charge >= 0.3 is 22.7 Å². The Kier molecular flexibility index (Phi) is 4.43. The average molecular weight is 420 g/mol. The third-order valence-electron chi connectivity index (χ3n) is 3.81. The fourth-order valence-electron chi connectivity index (χ4n) is 2.59. The van der Waals surface area contributed by atoms with E-state index in [4.69, 9.17) is 0 Å². The number of nitrogens with zero attached hydrogens (tertiary/aromatic N) is 8. The maximum Gasteiger partial charge on any atom is 0.348 e. The van der Waals surface area contributed by atoms with Gasteiger partial charge in [0.2, 0.25) is 5.69 Å². The van der Waals surface area contributed by atoms with Gasteiger partial charge in [-0.2, -0.15) is 4.68 Å². The average Bonchev–Trinajstić information content (AvgIpc) is 3.08. The van der Waals surface area contributed by atoms with Gasteiger partial charge in [-0.05, 0) is 0 Å². The number of hydrogen-bond donors (Lipinski definition) is 0. The summed E-state index contributed by atoms with van der Waals surface area (Å²) in [5, 5.41) is 63.0. The summed E-state index contributed by atoms with van der Waals surface area (Å²) in [5.74, 6) is 0. The van der Waals surface area contributed by atoms with Gasteiger partial charge in [-0.15, -0.1) is 5.10 Å². The van der Waals surface area contributed by atoms with Gasteiger partial charge in [0.25, 0.3) is 5.69 Å². The van der Waals surface area contributed by atoms with E-state index in [0.29, 0.717) is 28.9 Å². The molecule has 0 unspecified atom stereocenters. The number of rotatable bonds is 6. The van der Waals surface area contributed by atoms with Crippen molar-refractivity contribution >= 4 is 39.5 Å². The van der Waals surface area contributed by atoms with Gasteiger partial charge in [-0.3, -0.25) is 50.6 Å². The molecule has 1 aromatic heterocycles. The molecule has 18 nitrogen and oxygen atoms in total. The molecule has 30 heavy (non-hydrogen) atoms. The number of non-ortho nitro benzene ring substituents is 1. The molecule has 0 N–H and O–H groups in total. The molecule has 0 bridgehead atoms. The maximum atomic E-state index is 11.4. The molecule has 0 saturated carbocycles. The van der Waals surface area contributed by atoms with E-state index in [1.54, 1.807) is 0 Å². The number of nitro groups is 5. The number of nitro benzene ring substituents is 5. The number of benzene rings is 2. The first-order chi connectivity index (χ1) is 14.0. The molecule has 0 spiro atoms. The normalized spacial score (nSPS) is 10.7. The van der Waals surface area contributed by atoms with Crippen molar-refractivity contribution in [2.75, 3.05) is 0 Å². The number of fused-ring (bicyclic) bond motifs is 1. The van der Waals surface area contributed by atoms with Crippen LogP contribution in [0.2, 0.25) is 0 Å². The van der Waals surface area contributed by atoms with Crippen molar-refractivity contribution in [1.82, 2.24) is 15.0 Å². The summed E-state index contributed by atoms with van der Waals surface area (Å²) < 4.78 is 0.478. The Balaban J connectivity index is 2.46. The monoisotopic (exact) mass is 420 g/mol. The molecule has 0 aliphatic carbocycles. The largest absolute Gasteiger partial charge is 0.348 e. The molecule has 0 amide bonds. The van der Waals surface area contributed by atoms with E-state index in [1.165, 1.54) is 0 Å². The SMILES string of the molecule is O=[N+]([O-])c1cc([N+](=O)[O-])c(-n2nnc3cc([N+](=O)[O-])c([N+](=O)[O-])cc32)c([N+](=O)[O-])c1. The van der Waals surface area contributed by atoms with Gasteiger partial charge in [-0.1, -0.05) is 5.21 Å². The summed E-state index contributed by atoms with van der Waals surface area (Å²) in [6, 6.07) is 2.16. The summed E-state index contributed by atoms with van der Waals surface area (Å²) in [6.07, 6.45) is 0. The smallest absolute Gasteiger partial charge is 0.258 e. The van der Waals surface area contributed by atoms with Crippen LogP contribution in [0.25, 0.3) is 16.7 Å². The number of aromatic nitrogens is 3. The predicted octanol–water partition coefficient (Wildman–Crippen LogP) is 1.96. The molecule has 152 valence electrons. The van der Waals surface area contributed by atoms with E-state index < -0.39 is 64.3 Å². The van der Waals surface area contributed by atoms with Crippen LogP contribution in [0, 0.1) is 50.6 Å². The summed E-state index contributed by atoms with van der Waals surface area (Å²) in [4.78, 5) is 50.5. The third-order valence-corrected chi connectivity index (χ3v) is 3.81. The van der Waals surface area contributed by atoms with Crippen LogP contribution in [0.4, 0.5) is 28.4 Å². The summed E-state index contributed by atoms with van der Waals surface area (Å²) in [5.41, 5.74) is -6.77. The fourth-order valence-corrected chi connectivity index (χ4v) is 2.59. The Bertz CT molecular complexity index is 1260. The van der Waals surface area contributed by atoms with E-state index in [2.05, 4.69) is 10.3 Å². The van der Waals surface area contributed by atoms with Crippen LogP contribution >= 0.6 is 0 Å². The second kappa shape index (κ2) is 6.78. The van der Waals surface area contributed by atoms with Crippen LogP contribution in [-0.4, -0.2) is 39.6 Å². The molecule has 0 fully saturated rings. The third kappa shape index (κ3) is 3.04. The van der Waals surface area contributed by atoms with E-state index in [9.17, 15) is 50.6 Å². The van der Waals surface area contributed by atoms with Crippen molar-refractivity contribution < 1.29 is 24.6 Å². The predicted molar refractivity (Wildman–Crippen MR) is 92.1 cm³/mol. The minimum absolute atomic E-state index is 0.339. The zero-order valence-electron chi connectivity index (χ0n) is 14.0. The van der Waals surface area contributed by atoms with Crippen LogP contribution in [-0.2, 0) is 0 Å². The standard InChI is InChI=1S/C12H4N8O10/c21-16(22)5-1-10(19(27)28)12(11(2-5)20(29)30)15-7-4-9(18(25)26)8(17(23)24)3-6(7)13-14-15/h1-4H. The molecule has 0 radical (unpaired) electrons. The van der Waals surface area contributed by atoms with E-state index in [-0.39, 0.29) is 5.52 Å². The van der Waals surface area contributed by atoms with Crippen molar-refractivity contribution in [3.05, 3.63) is 74.8 Å². The lowest BCUT2D eigenvalue weighted by molar-refractivity contribution is -0.422. The van der Waals surface area contributed by atoms with Crippen LogP contribution in [0.5, 0.6) is 0 Å². The van der Waals surface area contributed by atoms with Gasteiger partial charge in [0, 0.05) is 0 Å². The lowest BCUT2D eigenvalue weighted by Gasteiger charge is -2.05. The molecular weight excluding hydrogens is 416 g/mol. The molecule has 0 atom stereocenters. The Morgan fingerprint density at radius 3 is 1.53 bits per heavy atom. The zero-order chi connectivity index (χ0) is 22.3. The molecule has 18 heteroatoms. The molecular formula is C12H4N8O10. The van der Waals surface area contributed by atoms with Gasteiger partial charge < -0.3 is 0 Å². The van der Waals surface area contributed by atoms with Crippen molar-refractivity contribution in [2.24, 2.45) is 0 Å². The molecule has 3 rings (SSSR count). The highest BCUT2D eigenvalue weighted by Crippen LogP contribution is 2.39. The van der Waals surface area contributed by atoms with Crippen molar-refractivity contribution in [3.63, 3.8) is 0 Å². The van der Waals surface area contributed by atoms with Crippen LogP contribution in [0.1, 0.15) is 0 Å². The fraction of sp³-hybridized carbons (Fsp3) is 0. The Morgan fingerprint density at radius 2 is 1.10 bits per heavy atom. The maximum absolute atomic E-state index is 11.4. The van der Waals surface area contributed by atoms with Crippen molar-refractivity contribution in [2.45, 2.75) is 0 Å². The summed E-state index contributed by atoms with van der Waals surface area (Å²) in [7, 11) is 0. The Hall–Kier alpha value is -5.16. The van der Waals surface area contributed by atoms with Crippen LogP contribution < -0.4 is 0 Å². The van der Waals surface area contributed by atoms with Crippen molar-refractivity contribution in [3.8, 4) is 5.69 Å². The van der Waals surface area contributed by atoms with E-state index in [0.717, 1.165) is 0 Å². The first kappa shape index (κ1) is 19.6. The first-order valence-corrected chi connectivity index (χ1v) is 7.32. The Morgan fingerprint density at radius 1 is 0.633 bits per heavy atom. The molecule has 1 heterocycles. The van der Waals surface area contributed by atoms with E-state index >= 15 is 0 Å². The second-order valence-corrected chi connectivity index (χ2v) is 5.45. The van der Waals surface area contributed by atoms with Gasteiger partial charge in [-0.25, -0.2) is 0 Å². The molecule has 0 aliphatic heterocycles. The topological polar surface area (TPSA) is 246 Å². The highest BCUT2D eigenvalue weighted by Gasteiger charge is 2.35. The zero-order valence-corrected chi connectivity index (χ0v) is 14.0. The highest BCUT2D eigenvalue weighted by atomic mass is 16.6. The summed E-state index contributed by atoms with van der Waals surface area (Å²) in [6.45, 7) is 0. The molecule has 0 aliphatic rings. The Labute approximate surface area is 160 Å². The van der Waals surface area contributed by atoms with Crippen LogP contribution in [0.3, 0.4) is 0 Å². The molecule has 2 aromatic carbocycles. The van der Waals surface area contributed by atoms with Gasteiger partial charge in [0.1, 0.15) is 11.0 Å². The lowest BCUT2D eigenvalue weighted by atomic mass is 10.2. The lowest BCUT2D eigenvalue weighted by Crippen LogP contribution is -2.07. The van der Waals surface area contributed by atoms with Gasteiger partial charge in [0.15, 0.2) is 0 Å². The number of hydrogen-bond acceptors (Lipinski definition) is 12. The molecule has 3 aromatic rings. The molecule has 0 saturated heterocycles. The minimum atomic E-state index is -1.15.